The van der Waals surface area contributed by atoms with E-state index in [1.807, 2.05) is 72.8 Å². The van der Waals surface area contributed by atoms with Crippen LogP contribution in [0.2, 0.25) is 0 Å². The van der Waals surface area contributed by atoms with Crippen molar-refractivity contribution in [3.8, 4) is 0 Å². The maximum absolute atomic E-state index is 12.3. The summed E-state index contributed by atoms with van der Waals surface area (Å²) in [6, 6.07) is 22.4. The van der Waals surface area contributed by atoms with Crippen LogP contribution in [0.5, 0.6) is 0 Å². The zero-order chi connectivity index (χ0) is 14.7. The first kappa shape index (κ1) is 13.3. The van der Waals surface area contributed by atoms with Crippen LogP contribution in [0.15, 0.2) is 72.8 Å². The summed E-state index contributed by atoms with van der Waals surface area (Å²) < 4.78 is 0. The van der Waals surface area contributed by atoms with Gasteiger partial charge in [-0.1, -0.05) is 66.7 Å². The van der Waals surface area contributed by atoms with Crippen molar-refractivity contribution in [3.05, 3.63) is 78.4 Å². The molecule has 0 aromatic heterocycles. The second-order valence-corrected chi connectivity index (χ2v) is 4.90. The maximum Gasteiger partial charge on any atom is 0.245 e. The van der Waals surface area contributed by atoms with Crippen molar-refractivity contribution in [2.24, 2.45) is 5.73 Å². The number of nitrogens with two attached hydrogens (primary N) is 1. The Morgan fingerprint density at radius 1 is 0.857 bits per heavy atom. The Morgan fingerprint density at radius 2 is 1.52 bits per heavy atom. The second-order valence-electron chi connectivity index (χ2n) is 4.90. The predicted octanol–water partition coefficient (Wildman–Crippen LogP) is 3.48. The first-order valence-electron chi connectivity index (χ1n) is 6.85. The number of carbonyl (C=O) groups is 1. The van der Waals surface area contributed by atoms with Gasteiger partial charge in [-0.05, 0) is 17.0 Å². The van der Waals surface area contributed by atoms with Crippen molar-refractivity contribution in [2.75, 3.05) is 5.32 Å². The van der Waals surface area contributed by atoms with Crippen LogP contribution in [0.4, 0.5) is 5.69 Å². The summed E-state index contributed by atoms with van der Waals surface area (Å²) in [5.74, 6) is -0.211. The molecular weight excluding hydrogens is 260 g/mol. The summed E-state index contributed by atoms with van der Waals surface area (Å²) in [5, 5.41) is 5.01. The van der Waals surface area contributed by atoms with E-state index in [0.717, 1.165) is 22.0 Å². The van der Waals surface area contributed by atoms with Crippen molar-refractivity contribution in [1.29, 1.82) is 0 Å². The molecule has 0 saturated heterocycles. The largest absolute Gasteiger partial charge is 0.324 e. The molecule has 0 aliphatic heterocycles. The molecule has 1 atom stereocenters. The Bertz CT molecular complexity index is 763. The average molecular weight is 276 g/mol. The Kier molecular flexibility index (Phi) is 3.67. The molecule has 0 unspecified atom stereocenters. The average Bonchev–Trinajstić information content (AvgIpc) is 2.55. The Labute approximate surface area is 123 Å². The van der Waals surface area contributed by atoms with E-state index in [0.29, 0.717) is 0 Å². The highest BCUT2D eigenvalue weighted by atomic mass is 16.2. The molecule has 3 nitrogen and oxygen atoms in total. The molecular formula is C18H16N2O. The first-order chi connectivity index (χ1) is 10.3. The molecule has 3 N–H and O–H groups in total. The SMILES string of the molecule is N[C@@H](C(=O)Nc1cccc2ccccc12)c1ccccc1. The van der Waals surface area contributed by atoms with E-state index in [1.54, 1.807) is 0 Å². The van der Waals surface area contributed by atoms with Gasteiger partial charge < -0.3 is 11.1 Å². The van der Waals surface area contributed by atoms with Gasteiger partial charge in [0.1, 0.15) is 6.04 Å². The third-order valence-corrected chi connectivity index (χ3v) is 3.49. The van der Waals surface area contributed by atoms with E-state index in [-0.39, 0.29) is 5.91 Å². The molecule has 0 spiro atoms. The predicted molar refractivity (Wildman–Crippen MR) is 85.9 cm³/mol. The van der Waals surface area contributed by atoms with Crippen molar-refractivity contribution < 1.29 is 4.79 Å². The van der Waals surface area contributed by atoms with Gasteiger partial charge in [0.2, 0.25) is 5.91 Å². The van der Waals surface area contributed by atoms with Crippen LogP contribution in [0, 0.1) is 0 Å². The first-order valence-corrected chi connectivity index (χ1v) is 6.85. The number of amides is 1. The molecule has 0 bridgehead atoms. The lowest BCUT2D eigenvalue weighted by molar-refractivity contribution is -0.117. The minimum atomic E-state index is -0.676. The highest BCUT2D eigenvalue weighted by Gasteiger charge is 2.16. The standard InChI is InChI=1S/C18H16N2O/c19-17(14-8-2-1-3-9-14)18(21)20-16-12-6-10-13-7-4-5-11-15(13)16/h1-12,17H,19H2,(H,20,21)/t17-/m1/s1. The number of benzene rings is 3. The van der Waals surface area contributed by atoms with Crippen LogP contribution in [0.3, 0.4) is 0 Å². The van der Waals surface area contributed by atoms with E-state index < -0.39 is 6.04 Å². The number of nitrogens with one attached hydrogen (secondary N) is 1. The van der Waals surface area contributed by atoms with Gasteiger partial charge in [-0.15, -0.1) is 0 Å². The van der Waals surface area contributed by atoms with E-state index in [1.165, 1.54) is 0 Å². The molecule has 0 saturated carbocycles. The second kappa shape index (κ2) is 5.77. The molecule has 3 rings (SSSR count). The highest BCUT2D eigenvalue weighted by molar-refractivity contribution is 6.03. The Morgan fingerprint density at radius 3 is 2.33 bits per heavy atom. The zero-order valence-corrected chi connectivity index (χ0v) is 11.5. The minimum Gasteiger partial charge on any atom is -0.324 e. The molecule has 21 heavy (non-hydrogen) atoms. The number of hydrogen-bond donors (Lipinski definition) is 2. The van der Waals surface area contributed by atoms with E-state index in [9.17, 15) is 4.79 Å². The topological polar surface area (TPSA) is 55.1 Å². The Balaban J connectivity index is 1.87. The van der Waals surface area contributed by atoms with E-state index >= 15 is 0 Å². The maximum atomic E-state index is 12.3. The van der Waals surface area contributed by atoms with Crippen LogP contribution in [0.25, 0.3) is 10.8 Å². The summed E-state index contributed by atoms with van der Waals surface area (Å²) in [6.07, 6.45) is 0. The lowest BCUT2D eigenvalue weighted by Crippen LogP contribution is -2.27. The molecule has 1 amide bonds. The van der Waals surface area contributed by atoms with Crippen LogP contribution in [0.1, 0.15) is 11.6 Å². The highest BCUT2D eigenvalue weighted by Crippen LogP contribution is 2.24. The van der Waals surface area contributed by atoms with Crippen molar-refractivity contribution in [2.45, 2.75) is 6.04 Å². The lowest BCUT2D eigenvalue weighted by Gasteiger charge is -2.14. The molecule has 0 heterocycles. The normalized spacial score (nSPS) is 12.0. The third-order valence-electron chi connectivity index (χ3n) is 3.49. The van der Waals surface area contributed by atoms with Crippen LogP contribution < -0.4 is 11.1 Å². The monoisotopic (exact) mass is 276 g/mol. The summed E-state index contributed by atoms with van der Waals surface area (Å²) in [4.78, 5) is 12.3. The molecule has 104 valence electrons. The van der Waals surface area contributed by atoms with Gasteiger partial charge in [0.15, 0.2) is 0 Å². The number of carbonyl (C=O) groups excluding carboxylic acids is 1. The molecule has 0 aliphatic carbocycles. The van der Waals surface area contributed by atoms with Gasteiger partial charge in [0.25, 0.3) is 0 Å². The quantitative estimate of drug-likeness (QED) is 0.769. The van der Waals surface area contributed by atoms with Crippen molar-refractivity contribution in [3.63, 3.8) is 0 Å². The fourth-order valence-electron chi connectivity index (χ4n) is 2.36. The zero-order valence-electron chi connectivity index (χ0n) is 11.5. The molecule has 0 fully saturated rings. The smallest absolute Gasteiger partial charge is 0.245 e. The lowest BCUT2D eigenvalue weighted by atomic mass is 10.1. The Hall–Kier alpha value is -2.65. The minimum absolute atomic E-state index is 0.211. The summed E-state index contributed by atoms with van der Waals surface area (Å²) in [6.45, 7) is 0. The van der Waals surface area contributed by atoms with Gasteiger partial charge in [-0.3, -0.25) is 4.79 Å². The van der Waals surface area contributed by atoms with Crippen LogP contribution >= 0.6 is 0 Å². The van der Waals surface area contributed by atoms with Gasteiger partial charge in [-0.25, -0.2) is 0 Å². The molecule has 0 radical (unpaired) electrons. The van der Waals surface area contributed by atoms with E-state index in [4.69, 9.17) is 5.73 Å². The molecule has 3 aromatic carbocycles. The molecule has 3 heteroatoms. The van der Waals surface area contributed by atoms with Gasteiger partial charge in [0, 0.05) is 11.1 Å². The van der Waals surface area contributed by atoms with Gasteiger partial charge in [-0.2, -0.15) is 0 Å². The van der Waals surface area contributed by atoms with Gasteiger partial charge >= 0.3 is 0 Å². The fourth-order valence-corrected chi connectivity index (χ4v) is 2.36. The van der Waals surface area contributed by atoms with Crippen molar-refractivity contribution in [1.82, 2.24) is 0 Å². The summed E-state index contributed by atoms with van der Waals surface area (Å²) >= 11 is 0. The van der Waals surface area contributed by atoms with E-state index in [2.05, 4.69) is 5.32 Å². The summed E-state index contributed by atoms with van der Waals surface area (Å²) in [7, 11) is 0. The van der Waals surface area contributed by atoms with Crippen LogP contribution in [-0.2, 0) is 4.79 Å². The number of rotatable bonds is 3. The number of hydrogen-bond acceptors (Lipinski definition) is 2. The molecule has 3 aromatic rings. The third kappa shape index (κ3) is 2.78. The number of anilines is 1. The fraction of sp³-hybridized carbons (Fsp3) is 0.0556. The summed E-state index contributed by atoms with van der Waals surface area (Å²) in [5.41, 5.74) is 7.60. The number of fused-ring (bicyclic) bond motifs is 1. The van der Waals surface area contributed by atoms with Gasteiger partial charge in [0.05, 0.1) is 0 Å². The van der Waals surface area contributed by atoms with Crippen molar-refractivity contribution >= 4 is 22.4 Å². The van der Waals surface area contributed by atoms with Crippen LogP contribution in [-0.4, -0.2) is 5.91 Å². The molecule has 0 aliphatic rings.